The zero-order valence-corrected chi connectivity index (χ0v) is 16.5. The molecule has 2 N–H and O–H groups in total. The molecule has 0 fully saturated rings. The molecule has 9 heteroatoms. The predicted octanol–water partition coefficient (Wildman–Crippen LogP) is 3.57. The Bertz CT molecular complexity index is 1020. The highest BCUT2D eigenvalue weighted by molar-refractivity contribution is 6.32. The number of fused-ring (bicyclic) bond motifs is 1. The van der Waals surface area contributed by atoms with E-state index in [2.05, 4.69) is 15.8 Å². The summed E-state index contributed by atoms with van der Waals surface area (Å²) in [6.07, 6.45) is 2.34. The minimum absolute atomic E-state index is 0.0599. The molecule has 0 spiro atoms. The molecule has 0 bridgehead atoms. The molecule has 2 amide bonds. The summed E-state index contributed by atoms with van der Waals surface area (Å²) in [7, 11) is 0. The number of carbonyl (C=O) groups is 2. The number of carbonyl (C=O) groups excluding carboxylic acids is 2. The topological polar surface area (TPSA) is 84.7 Å². The summed E-state index contributed by atoms with van der Waals surface area (Å²) in [5.41, 5.74) is 6.34. The largest absolute Gasteiger partial charge is 0.493 e. The van der Waals surface area contributed by atoms with Gasteiger partial charge in [-0.25, -0.2) is 4.98 Å². The van der Waals surface area contributed by atoms with E-state index in [0.717, 1.165) is 11.3 Å². The first-order chi connectivity index (χ1) is 13.5. The van der Waals surface area contributed by atoms with Crippen LogP contribution in [0.15, 0.2) is 42.6 Å². The Labute approximate surface area is 171 Å². The van der Waals surface area contributed by atoms with Crippen LogP contribution in [0.5, 0.6) is 5.75 Å². The Morgan fingerprint density at radius 3 is 2.79 bits per heavy atom. The molecular formula is C19H18Cl2N4O3. The Morgan fingerprint density at radius 2 is 2.00 bits per heavy atom. The van der Waals surface area contributed by atoms with Gasteiger partial charge >= 0.3 is 0 Å². The number of imidazole rings is 1. The fraction of sp³-hybridized carbons (Fsp3) is 0.211. The van der Waals surface area contributed by atoms with Crippen molar-refractivity contribution < 1.29 is 14.3 Å². The number of aromatic nitrogens is 2. The third-order valence-corrected chi connectivity index (χ3v) is 4.46. The molecule has 28 heavy (non-hydrogen) atoms. The summed E-state index contributed by atoms with van der Waals surface area (Å²) in [6.45, 7) is 2.26. The molecule has 3 rings (SSSR count). The van der Waals surface area contributed by atoms with Gasteiger partial charge in [0.1, 0.15) is 11.4 Å². The molecule has 146 valence electrons. The minimum atomic E-state index is -0.551. The number of nitrogens with zero attached hydrogens (tertiary/aromatic N) is 2. The first kappa shape index (κ1) is 20.0. The summed E-state index contributed by atoms with van der Waals surface area (Å²) in [5.74, 6) is -0.167. The van der Waals surface area contributed by atoms with Crippen LogP contribution in [0.25, 0.3) is 5.65 Å². The molecule has 1 aromatic carbocycles. The number of halogens is 2. The number of hydrogen-bond acceptors (Lipinski definition) is 4. The molecular weight excluding hydrogens is 403 g/mol. The van der Waals surface area contributed by atoms with Gasteiger partial charge < -0.3 is 4.74 Å². The van der Waals surface area contributed by atoms with E-state index in [1.54, 1.807) is 40.9 Å². The zero-order chi connectivity index (χ0) is 20.1. The highest BCUT2D eigenvalue weighted by atomic mass is 35.5. The smallest absolute Gasteiger partial charge is 0.289 e. The monoisotopic (exact) mass is 420 g/mol. The van der Waals surface area contributed by atoms with E-state index in [-0.39, 0.29) is 23.2 Å². The maximum absolute atomic E-state index is 12.3. The van der Waals surface area contributed by atoms with Crippen molar-refractivity contribution >= 4 is 40.7 Å². The van der Waals surface area contributed by atoms with Crippen molar-refractivity contribution in [1.82, 2.24) is 20.2 Å². The fourth-order valence-electron chi connectivity index (χ4n) is 2.61. The molecule has 7 nitrogen and oxygen atoms in total. The highest BCUT2D eigenvalue weighted by Gasteiger charge is 2.18. The molecule has 0 radical (unpaired) electrons. The Kier molecular flexibility index (Phi) is 6.38. The Morgan fingerprint density at radius 1 is 1.18 bits per heavy atom. The van der Waals surface area contributed by atoms with Crippen molar-refractivity contribution in [2.24, 2.45) is 0 Å². The number of pyridine rings is 1. The lowest BCUT2D eigenvalue weighted by Crippen LogP contribution is -2.42. The molecule has 0 aliphatic heterocycles. The standard InChI is InChI=1S/C19H18Cl2N4O3/c1-12-11-13(20)7-8-14(12)28-10-4-6-16(26)23-24-19(27)17-18(21)22-15-5-2-3-9-25(15)17/h2-3,5,7-9,11H,4,6,10H2,1H3,(H,23,26)(H,24,27). The van der Waals surface area contributed by atoms with E-state index in [1.165, 1.54) is 0 Å². The SMILES string of the molecule is Cc1cc(Cl)ccc1OCCCC(=O)NNC(=O)c1c(Cl)nc2ccccn12. The van der Waals surface area contributed by atoms with Crippen LogP contribution in [0.1, 0.15) is 28.9 Å². The van der Waals surface area contributed by atoms with Gasteiger partial charge in [0.2, 0.25) is 5.91 Å². The number of amides is 2. The number of hydrazine groups is 1. The van der Waals surface area contributed by atoms with Gasteiger partial charge in [-0.2, -0.15) is 0 Å². The van der Waals surface area contributed by atoms with Crippen molar-refractivity contribution in [1.29, 1.82) is 0 Å². The molecule has 0 aliphatic rings. The van der Waals surface area contributed by atoms with E-state index < -0.39 is 5.91 Å². The maximum atomic E-state index is 12.3. The number of nitrogens with one attached hydrogen (secondary N) is 2. The molecule has 2 aromatic heterocycles. The minimum Gasteiger partial charge on any atom is -0.493 e. The van der Waals surface area contributed by atoms with Crippen LogP contribution in [0, 0.1) is 6.92 Å². The van der Waals surface area contributed by atoms with Gasteiger partial charge in [0, 0.05) is 17.6 Å². The molecule has 2 heterocycles. The van der Waals surface area contributed by atoms with E-state index in [1.807, 2.05) is 13.0 Å². The van der Waals surface area contributed by atoms with E-state index >= 15 is 0 Å². The highest BCUT2D eigenvalue weighted by Crippen LogP contribution is 2.22. The van der Waals surface area contributed by atoms with Gasteiger partial charge in [-0.3, -0.25) is 24.8 Å². The Balaban J connectivity index is 1.45. The van der Waals surface area contributed by atoms with Crippen LogP contribution >= 0.6 is 23.2 Å². The molecule has 0 unspecified atom stereocenters. The molecule has 3 aromatic rings. The average molecular weight is 421 g/mol. The number of benzene rings is 1. The van der Waals surface area contributed by atoms with Crippen LogP contribution in [-0.2, 0) is 4.79 Å². The first-order valence-corrected chi connectivity index (χ1v) is 9.32. The van der Waals surface area contributed by atoms with Gasteiger partial charge in [-0.1, -0.05) is 29.3 Å². The van der Waals surface area contributed by atoms with Gasteiger partial charge in [0.25, 0.3) is 5.91 Å². The second-order valence-electron chi connectivity index (χ2n) is 6.04. The summed E-state index contributed by atoms with van der Waals surface area (Å²) in [6, 6.07) is 10.6. The number of aryl methyl sites for hydroxylation is 1. The van der Waals surface area contributed by atoms with Crippen molar-refractivity contribution in [2.75, 3.05) is 6.61 Å². The molecule has 0 aliphatic carbocycles. The van der Waals surface area contributed by atoms with E-state index in [9.17, 15) is 9.59 Å². The summed E-state index contributed by atoms with van der Waals surface area (Å²) < 4.78 is 7.18. The van der Waals surface area contributed by atoms with Gasteiger partial charge in [0.15, 0.2) is 10.8 Å². The third-order valence-electron chi connectivity index (χ3n) is 3.96. The summed E-state index contributed by atoms with van der Waals surface area (Å²) >= 11 is 11.9. The first-order valence-electron chi connectivity index (χ1n) is 8.56. The van der Waals surface area contributed by atoms with Gasteiger partial charge in [0.05, 0.1) is 6.61 Å². The molecule has 0 saturated carbocycles. The quantitative estimate of drug-likeness (QED) is 0.471. The fourth-order valence-corrected chi connectivity index (χ4v) is 3.10. The van der Waals surface area contributed by atoms with Crippen LogP contribution in [0.4, 0.5) is 0 Å². The maximum Gasteiger partial charge on any atom is 0.289 e. The van der Waals surface area contributed by atoms with E-state index in [4.69, 9.17) is 27.9 Å². The van der Waals surface area contributed by atoms with Crippen molar-refractivity contribution in [2.45, 2.75) is 19.8 Å². The van der Waals surface area contributed by atoms with Crippen LogP contribution in [0.2, 0.25) is 10.2 Å². The van der Waals surface area contributed by atoms with Crippen LogP contribution in [-0.4, -0.2) is 27.8 Å². The zero-order valence-electron chi connectivity index (χ0n) is 15.0. The number of ether oxygens (including phenoxy) is 1. The average Bonchev–Trinajstić information content (AvgIpc) is 3.00. The lowest BCUT2D eigenvalue weighted by Gasteiger charge is -2.10. The molecule has 0 atom stereocenters. The van der Waals surface area contributed by atoms with Gasteiger partial charge in [-0.15, -0.1) is 0 Å². The van der Waals surface area contributed by atoms with E-state index in [0.29, 0.717) is 23.7 Å². The lowest BCUT2D eigenvalue weighted by atomic mass is 10.2. The third kappa shape index (κ3) is 4.74. The summed E-state index contributed by atoms with van der Waals surface area (Å²) in [4.78, 5) is 28.3. The van der Waals surface area contributed by atoms with Gasteiger partial charge in [-0.05, 0) is 49.2 Å². The Hall–Kier alpha value is -2.77. The predicted molar refractivity (Wildman–Crippen MR) is 107 cm³/mol. The number of rotatable bonds is 6. The molecule has 0 saturated heterocycles. The van der Waals surface area contributed by atoms with Crippen molar-refractivity contribution in [3.63, 3.8) is 0 Å². The van der Waals surface area contributed by atoms with Crippen LogP contribution < -0.4 is 15.6 Å². The second kappa shape index (κ2) is 8.95. The summed E-state index contributed by atoms with van der Waals surface area (Å²) in [5, 5.41) is 0.704. The lowest BCUT2D eigenvalue weighted by molar-refractivity contribution is -0.122. The van der Waals surface area contributed by atoms with Crippen molar-refractivity contribution in [3.05, 3.63) is 64.0 Å². The van der Waals surface area contributed by atoms with Crippen molar-refractivity contribution in [3.8, 4) is 5.75 Å². The second-order valence-corrected chi connectivity index (χ2v) is 6.84. The number of hydrogen-bond donors (Lipinski definition) is 2. The van der Waals surface area contributed by atoms with Crippen LogP contribution in [0.3, 0.4) is 0 Å². The normalized spacial score (nSPS) is 10.7.